The molecule has 3 saturated heterocycles. The van der Waals surface area contributed by atoms with Gasteiger partial charge in [0, 0.05) is 43.2 Å². The average Bonchev–Trinajstić information content (AvgIpc) is 3.32. The van der Waals surface area contributed by atoms with Crippen LogP contribution in [0.1, 0.15) is 18.7 Å². The Hall–Kier alpha value is -3.57. The molecule has 0 radical (unpaired) electrons. The van der Waals surface area contributed by atoms with Crippen LogP contribution >= 0.6 is 11.6 Å². The Kier molecular flexibility index (Phi) is 5.64. The summed E-state index contributed by atoms with van der Waals surface area (Å²) in [6.45, 7) is 0.941. The molecule has 3 fully saturated rings. The molecule has 0 aliphatic carbocycles. The molecule has 3 aliphatic heterocycles. The number of amides is 3. The van der Waals surface area contributed by atoms with Crippen molar-refractivity contribution < 1.29 is 23.5 Å². The molecule has 2 aromatic carbocycles. The molecule has 1 aromatic heterocycles. The van der Waals surface area contributed by atoms with Crippen LogP contribution in [0.15, 0.2) is 24.3 Å². The van der Waals surface area contributed by atoms with Crippen LogP contribution in [0.25, 0.3) is 22.0 Å². The fraction of sp³-hybridized carbons (Fsp3) is 0.360. The predicted molar refractivity (Wildman–Crippen MR) is 132 cm³/mol. The average molecular weight is 529 g/mol. The van der Waals surface area contributed by atoms with Crippen LogP contribution in [0, 0.1) is 11.6 Å². The van der Waals surface area contributed by atoms with Crippen molar-refractivity contribution in [1.82, 2.24) is 25.1 Å². The number of hydrogen-bond donors (Lipinski definition) is 2. The normalized spacial score (nSPS) is 21.6. The van der Waals surface area contributed by atoms with E-state index >= 15 is 4.39 Å². The molecule has 3 amide bonds. The first-order valence-corrected chi connectivity index (χ1v) is 12.3. The minimum absolute atomic E-state index is 0.0651. The standard InChI is InChI=1S/C25H23ClF2N6O3/c1-32-11-19(36)34(25(32)37)10-18-30-23-14(24(31-18)33-8-12-5-6-13(9-33)29-12)7-15(26)20(22(23)28)21-16(27)3-2-4-17(21)35/h2-4,7,12-13,29,35H,5-6,8-11H2,1H3/t12-,13+. The minimum atomic E-state index is -0.929. The van der Waals surface area contributed by atoms with Crippen LogP contribution in [0.2, 0.25) is 5.02 Å². The Labute approximate surface area is 215 Å². The van der Waals surface area contributed by atoms with Gasteiger partial charge in [-0.2, -0.15) is 0 Å². The van der Waals surface area contributed by atoms with Gasteiger partial charge in [0.15, 0.2) is 11.6 Å². The number of nitrogens with one attached hydrogen (secondary N) is 1. The van der Waals surface area contributed by atoms with Crippen molar-refractivity contribution in [3.05, 3.63) is 46.7 Å². The van der Waals surface area contributed by atoms with Crippen LogP contribution in [-0.4, -0.2) is 75.6 Å². The van der Waals surface area contributed by atoms with Crippen molar-refractivity contribution in [2.75, 3.05) is 31.6 Å². The fourth-order valence-corrected chi connectivity index (χ4v) is 5.75. The van der Waals surface area contributed by atoms with E-state index in [9.17, 15) is 19.1 Å². The molecule has 0 saturated carbocycles. The maximum atomic E-state index is 16.2. The van der Waals surface area contributed by atoms with Gasteiger partial charge in [-0.25, -0.2) is 23.5 Å². The second-order valence-electron chi connectivity index (χ2n) is 9.70. The van der Waals surface area contributed by atoms with Gasteiger partial charge in [-0.15, -0.1) is 0 Å². The van der Waals surface area contributed by atoms with Crippen LogP contribution in [0.5, 0.6) is 5.75 Å². The second kappa shape index (κ2) is 8.77. The number of phenolic OH excluding ortho intramolecular Hbond substituents is 1. The number of aromatic nitrogens is 2. The maximum Gasteiger partial charge on any atom is 0.327 e. The van der Waals surface area contributed by atoms with E-state index < -0.39 is 29.3 Å². The number of fused-ring (bicyclic) bond motifs is 3. The van der Waals surface area contributed by atoms with Gasteiger partial charge in [-0.05, 0) is 31.0 Å². The number of likely N-dealkylation sites (N-methyl/N-ethyl adjacent to an activating group) is 1. The number of carbonyl (C=O) groups excluding carboxylic acids is 2. The number of phenols is 1. The van der Waals surface area contributed by atoms with Crippen LogP contribution in [0.3, 0.4) is 0 Å². The lowest BCUT2D eigenvalue weighted by molar-refractivity contribution is -0.125. The number of hydrogen-bond acceptors (Lipinski definition) is 7. The molecule has 2 atom stereocenters. The summed E-state index contributed by atoms with van der Waals surface area (Å²) in [6.07, 6.45) is 2.01. The van der Waals surface area contributed by atoms with Crippen molar-refractivity contribution >= 4 is 40.3 Å². The molecule has 9 nitrogen and oxygen atoms in total. The number of imide groups is 1. The first kappa shape index (κ1) is 23.8. The highest BCUT2D eigenvalue weighted by molar-refractivity contribution is 6.34. The molecule has 2 bridgehead atoms. The third-order valence-electron chi connectivity index (χ3n) is 7.20. The SMILES string of the molecule is CN1CC(=O)N(Cc2nc(N3C[C@H]4CC[C@@H](C3)N4)c3cc(Cl)c(-c4c(O)cccc4F)c(F)c3n2)C1=O. The summed E-state index contributed by atoms with van der Waals surface area (Å²) in [5.41, 5.74) is -0.838. The number of piperazine rings is 1. The summed E-state index contributed by atoms with van der Waals surface area (Å²) in [4.78, 5) is 38.3. The molecule has 4 heterocycles. The van der Waals surface area contributed by atoms with Gasteiger partial charge in [0.05, 0.1) is 17.1 Å². The number of urea groups is 1. The Morgan fingerprint density at radius 1 is 1.14 bits per heavy atom. The minimum Gasteiger partial charge on any atom is -0.507 e. The quantitative estimate of drug-likeness (QED) is 0.501. The summed E-state index contributed by atoms with van der Waals surface area (Å²) in [7, 11) is 1.51. The van der Waals surface area contributed by atoms with Gasteiger partial charge in [0.2, 0.25) is 0 Å². The lowest BCUT2D eigenvalue weighted by Gasteiger charge is -2.34. The first-order chi connectivity index (χ1) is 17.7. The molecule has 0 spiro atoms. The third kappa shape index (κ3) is 3.93. The smallest absolute Gasteiger partial charge is 0.327 e. The molecule has 192 valence electrons. The highest BCUT2D eigenvalue weighted by Crippen LogP contribution is 2.42. The zero-order chi connectivity index (χ0) is 26.0. The number of carbonyl (C=O) groups is 2. The van der Waals surface area contributed by atoms with Gasteiger partial charge in [0.25, 0.3) is 5.91 Å². The van der Waals surface area contributed by atoms with E-state index in [1.165, 1.54) is 30.1 Å². The molecular formula is C25H23ClF2N6O3. The van der Waals surface area contributed by atoms with Crippen LogP contribution < -0.4 is 10.2 Å². The largest absolute Gasteiger partial charge is 0.507 e. The van der Waals surface area contributed by atoms with Gasteiger partial charge in [0.1, 0.15) is 29.4 Å². The monoisotopic (exact) mass is 528 g/mol. The summed E-state index contributed by atoms with van der Waals surface area (Å²) >= 11 is 6.49. The second-order valence-corrected chi connectivity index (χ2v) is 10.1. The fourth-order valence-electron chi connectivity index (χ4n) is 5.46. The van der Waals surface area contributed by atoms with Crippen molar-refractivity contribution in [3.63, 3.8) is 0 Å². The van der Waals surface area contributed by atoms with E-state index in [1.807, 2.05) is 4.90 Å². The highest BCUT2D eigenvalue weighted by Gasteiger charge is 2.36. The molecule has 37 heavy (non-hydrogen) atoms. The summed E-state index contributed by atoms with van der Waals surface area (Å²) in [6, 6.07) is 5.12. The Morgan fingerprint density at radius 2 is 1.86 bits per heavy atom. The molecule has 6 rings (SSSR count). The Bertz CT molecular complexity index is 1440. The number of halogens is 3. The predicted octanol–water partition coefficient (Wildman–Crippen LogP) is 3.27. The Balaban J connectivity index is 1.54. The summed E-state index contributed by atoms with van der Waals surface area (Å²) in [5.74, 6) is -2.16. The van der Waals surface area contributed by atoms with E-state index in [0.717, 1.165) is 23.8 Å². The first-order valence-electron chi connectivity index (χ1n) is 11.9. The number of aromatic hydroxyl groups is 1. The lowest BCUT2D eigenvalue weighted by Crippen LogP contribution is -2.51. The van der Waals surface area contributed by atoms with E-state index in [0.29, 0.717) is 24.3 Å². The highest BCUT2D eigenvalue weighted by atomic mass is 35.5. The van der Waals surface area contributed by atoms with E-state index in [-0.39, 0.29) is 52.7 Å². The van der Waals surface area contributed by atoms with Crippen LogP contribution in [-0.2, 0) is 11.3 Å². The van der Waals surface area contributed by atoms with Gasteiger partial charge < -0.3 is 20.2 Å². The molecule has 2 N–H and O–H groups in total. The lowest BCUT2D eigenvalue weighted by atomic mass is 10.0. The third-order valence-corrected chi connectivity index (χ3v) is 7.50. The van der Waals surface area contributed by atoms with Gasteiger partial charge >= 0.3 is 6.03 Å². The summed E-state index contributed by atoms with van der Waals surface area (Å²) in [5, 5.41) is 14.1. The van der Waals surface area contributed by atoms with Crippen molar-refractivity contribution in [2.45, 2.75) is 31.5 Å². The molecule has 12 heteroatoms. The number of benzene rings is 2. The Morgan fingerprint density at radius 3 is 2.51 bits per heavy atom. The van der Waals surface area contributed by atoms with Crippen molar-refractivity contribution in [3.8, 4) is 16.9 Å². The number of anilines is 1. The number of rotatable bonds is 4. The maximum absolute atomic E-state index is 16.2. The van der Waals surface area contributed by atoms with E-state index in [1.54, 1.807) is 0 Å². The number of nitrogens with zero attached hydrogens (tertiary/aromatic N) is 5. The zero-order valence-electron chi connectivity index (χ0n) is 19.8. The molecular weight excluding hydrogens is 506 g/mol. The molecule has 3 aliphatic rings. The topological polar surface area (TPSA) is 102 Å². The summed E-state index contributed by atoms with van der Waals surface area (Å²) < 4.78 is 30.9. The van der Waals surface area contributed by atoms with Crippen molar-refractivity contribution in [1.29, 1.82) is 0 Å². The van der Waals surface area contributed by atoms with Crippen molar-refractivity contribution in [2.24, 2.45) is 0 Å². The van der Waals surface area contributed by atoms with Gasteiger partial charge in [-0.3, -0.25) is 9.69 Å². The van der Waals surface area contributed by atoms with E-state index in [2.05, 4.69) is 15.3 Å². The molecule has 0 unspecified atom stereocenters. The zero-order valence-corrected chi connectivity index (χ0v) is 20.6. The van der Waals surface area contributed by atoms with Gasteiger partial charge in [-0.1, -0.05) is 17.7 Å². The van der Waals surface area contributed by atoms with Crippen LogP contribution in [0.4, 0.5) is 19.4 Å². The molecule has 3 aromatic rings. The van der Waals surface area contributed by atoms with E-state index in [4.69, 9.17) is 11.6 Å².